The van der Waals surface area contributed by atoms with E-state index in [1.807, 2.05) is 0 Å². The van der Waals surface area contributed by atoms with E-state index in [4.69, 9.17) is 9.47 Å². The van der Waals surface area contributed by atoms with Crippen molar-refractivity contribution in [3.8, 4) is 22.9 Å². The molecule has 0 radical (unpaired) electrons. The first-order valence-corrected chi connectivity index (χ1v) is 10.2. The minimum absolute atomic E-state index is 0.467. The highest BCUT2D eigenvalue weighted by Crippen LogP contribution is 2.56. The molecule has 2 aromatic heterocycles. The second kappa shape index (κ2) is 7.44. The average molecular weight is 426 g/mol. The summed E-state index contributed by atoms with van der Waals surface area (Å²) in [5.41, 5.74) is -0.717. The van der Waals surface area contributed by atoms with Crippen LogP contribution in [0.15, 0.2) is 85.2 Å². The van der Waals surface area contributed by atoms with Gasteiger partial charge in [0.05, 0.1) is 25.6 Å². The van der Waals surface area contributed by atoms with Gasteiger partial charge >= 0.3 is 0 Å². The molecule has 0 fully saturated rings. The molecule has 2 N–H and O–H groups in total. The maximum absolute atomic E-state index is 12.5. The molecule has 2 heterocycles. The average Bonchev–Trinajstić information content (AvgIpc) is 2.87. The highest BCUT2D eigenvalue weighted by atomic mass is 16.5. The Morgan fingerprint density at radius 3 is 1.31 bits per heavy atom. The monoisotopic (exact) mass is 426 g/mol. The van der Waals surface area contributed by atoms with Crippen molar-refractivity contribution in [1.29, 1.82) is 0 Å². The van der Waals surface area contributed by atoms with Crippen LogP contribution in [0.25, 0.3) is 11.4 Å². The third-order valence-electron chi connectivity index (χ3n) is 6.16. The van der Waals surface area contributed by atoms with Crippen molar-refractivity contribution in [1.82, 2.24) is 9.97 Å². The lowest BCUT2D eigenvalue weighted by atomic mass is 9.62. The number of methoxy groups -OCH3 is 2. The van der Waals surface area contributed by atoms with E-state index in [9.17, 15) is 10.2 Å². The number of benzene rings is 2. The van der Waals surface area contributed by atoms with Gasteiger partial charge in [-0.05, 0) is 47.5 Å². The van der Waals surface area contributed by atoms with Crippen LogP contribution in [-0.2, 0) is 11.2 Å². The Hall–Kier alpha value is -3.74. The lowest BCUT2D eigenvalue weighted by Crippen LogP contribution is -2.53. The van der Waals surface area contributed by atoms with Crippen LogP contribution in [0.4, 0.5) is 0 Å². The molecule has 160 valence electrons. The normalized spacial score (nSPS) is 21.4. The Labute approximate surface area is 185 Å². The van der Waals surface area contributed by atoms with Crippen LogP contribution < -0.4 is 9.47 Å². The van der Waals surface area contributed by atoms with Crippen LogP contribution in [0.1, 0.15) is 22.3 Å². The van der Waals surface area contributed by atoms with Gasteiger partial charge in [0.25, 0.3) is 0 Å². The van der Waals surface area contributed by atoms with E-state index in [1.165, 1.54) is 0 Å². The van der Waals surface area contributed by atoms with Gasteiger partial charge in [-0.1, -0.05) is 36.4 Å². The molecule has 0 aliphatic heterocycles. The van der Waals surface area contributed by atoms with Crippen molar-refractivity contribution in [2.24, 2.45) is 0 Å². The molecule has 0 unspecified atom stereocenters. The number of nitrogens with zero attached hydrogens (tertiary/aromatic N) is 2. The molecule has 6 heteroatoms. The summed E-state index contributed by atoms with van der Waals surface area (Å²) < 4.78 is 10.6. The lowest BCUT2D eigenvalue weighted by Gasteiger charge is -2.48. The fourth-order valence-corrected chi connectivity index (χ4v) is 4.55. The molecule has 0 amide bonds. The van der Waals surface area contributed by atoms with E-state index in [2.05, 4.69) is 9.97 Å². The van der Waals surface area contributed by atoms with E-state index in [1.54, 1.807) is 99.4 Å². The maximum Gasteiger partial charge on any atom is 0.154 e. The Balaban J connectivity index is 1.87. The van der Waals surface area contributed by atoms with Crippen LogP contribution >= 0.6 is 0 Å². The zero-order valence-electron chi connectivity index (χ0n) is 17.7. The topological polar surface area (TPSA) is 84.7 Å². The number of hydrogen-bond donors (Lipinski definition) is 2. The fourth-order valence-electron chi connectivity index (χ4n) is 4.55. The molecule has 5 rings (SSSR count). The molecular weight excluding hydrogens is 404 g/mol. The third-order valence-corrected chi connectivity index (χ3v) is 6.16. The molecule has 1 aliphatic rings. The molecule has 32 heavy (non-hydrogen) atoms. The van der Waals surface area contributed by atoms with E-state index >= 15 is 0 Å². The molecule has 0 bridgehead atoms. The molecule has 6 nitrogen and oxygen atoms in total. The van der Waals surface area contributed by atoms with Gasteiger partial charge in [0.15, 0.2) is 11.2 Å². The van der Waals surface area contributed by atoms with Gasteiger partial charge in [0.1, 0.15) is 11.5 Å². The van der Waals surface area contributed by atoms with Crippen molar-refractivity contribution < 1.29 is 19.7 Å². The summed E-state index contributed by atoms with van der Waals surface area (Å²) in [4.78, 5) is 9.05. The summed E-state index contributed by atoms with van der Waals surface area (Å²) in [7, 11) is 3.17. The first kappa shape index (κ1) is 20.2. The lowest BCUT2D eigenvalue weighted by molar-refractivity contribution is -0.114. The van der Waals surface area contributed by atoms with Crippen molar-refractivity contribution in [2.45, 2.75) is 11.2 Å². The second-order valence-electron chi connectivity index (χ2n) is 7.68. The highest BCUT2D eigenvalue weighted by Gasteiger charge is 2.59. The van der Waals surface area contributed by atoms with E-state index in [-0.39, 0.29) is 0 Å². The van der Waals surface area contributed by atoms with Crippen LogP contribution in [0.3, 0.4) is 0 Å². The minimum Gasteiger partial charge on any atom is -0.497 e. The zero-order chi connectivity index (χ0) is 22.3. The number of aromatic nitrogens is 2. The predicted octanol–water partition coefficient (Wildman–Crippen LogP) is 3.65. The molecule has 0 spiro atoms. The van der Waals surface area contributed by atoms with Gasteiger partial charge in [-0.2, -0.15) is 0 Å². The van der Waals surface area contributed by atoms with Crippen molar-refractivity contribution in [2.75, 3.05) is 14.2 Å². The number of fused-ring (bicyclic) bond motifs is 3. The zero-order valence-corrected chi connectivity index (χ0v) is 17.7. The van der Waals surface area contributed by atoms with Crippen molar-refractivity contribution in [3.05, 3.63) is 107 Å². The van der Waals surface area contributed by atoms with Crippen LogP contribution in [-0.4, -0.2) is 34.4 Å². The molecule has 2 atom stereocenters. The van der Waals surface area contributed by atoms with Gasteiger partial charge in [0, 0.05) is 23.5 Å². The molecule has 1 aliphatic carbocycles. The summed E-state index contributed by atoms with van der Waals surface area (Å²) in [6, 6.07) is 21.1. The number of rotatable bonds is 4. The Morgan fingerprint density at radius 2 is 0.969 bits per heavy atom. The standard InChI is InChI=1S/C26H22N2O4/c1-31-19-11-7-17(8-12-19)25(29)21-5-3-15-27-23(21)24-22(6-4-16-28-24)26(25,30)18-9-13-20(32-2)14-10-18/h3-16,29-30H,1-2H3/t25-,26-/m1/s1. The Bertz CT molecular complexity index is 1170. The van der Waals surface area contributed by atoms with Gasteiger partial charge < -0.3 is 19.7 Å². The smallest absolute Gasteiger partial charge is 0.154 e. The van der Waals surface area contributed by atoms with E-state index in [0.717, 1.165) is 0 Å². The number of ether oxygens (including phenoxy) is 2. The highest BCUT2D eigenvalue weighted by molar-refractivity contribution is 5.74. The molecule has 4 aromatic rings. The van der Waals surface area contributed by atoms with Gasteiger partial charge in [-0.15, -0.1) is 0 Å². The number of aliphatic hydroxyl groups is 2. The van der Waals surface area contributed by atoms with Gasteiger partial charge in [-0.25, -0.2) is 0 Å². The Kier molecular flexibility index (Phi) is 4.69. The predicted molar refractivity (Wildman–Crippen MR) is 119 cm³/mol. The number of hydrogen-bond acceptors (Lipinski definition) is 6. The summed E-state index contributed by atoms with van der Waals surface area (Å²) in [6.45, 7) is 0. The maximum atomic E-state index is 12.5. The first-order chi connectivity index (χ1) is 15.5. The first-order valence-electron chi connectivity index (χ1n) is 10.2. The summed E-state index contributed by atoms with van der Waals surface area (Å²) in [6.07, 6.45) is 3.31. The largest absolute Gasteiger partial charge is 0.497 e. The summed E-state index contributed by atoms with van der Waals surface area (Å²) >= 11 is 0. The molecule has 2 aromatic carbocycles. The van der Waals surface area contributed by atoms with Crippen molar-refractivity contribution >= 4 is 0 Å². The molecule has 0 saturated heterocycles. The quantitative estimate of drug-likeness (QED) is 0.518. The molecule has 0 saturated carbocycles. The van der Waals surface area contributed by atoms with Crippen molar-refractivity contribution in [3.63, 3.8) is 0 Å². The third kappa shape index (κ3) is 2.67. The van der Waals surface area contributed by atoms with Crippen LogP contribution in [0.2, 0.25) is 0 Å². The van der Waals surface area contributed by atoms with Crippen LogP contribution in [0.5, 0.6) is 11.5 Å². The van der Waals surface area contributed by atoms with Gasteiger partial charge in [0.2, 0.25) is 0 Å². The van der Waals surface area contributed by atoms with E-state index < -0.39 is 11.2 Å². The summed E-state index contributed by atoms with van der Waals surface area (Å²) in [5.74, 6) is 1.30. The second-order valence-corrected chi connectivity index (χ2v) is 7.68. The minimum atomic E-state index is -1.85. The van der Waals surface area contributed by atoms with Gasteiger partial charge in [-0.3, -0.25) is 9.97 Å². The molecular formula is C26H22N2O4. The van der Waals surface area contributed by atoms with Crippen LogP contribution in [0, 0.1) is 0 Å². The summed E-state index contributed by atoms with van der Waals surface area (Å²) in [5, 5.41) is 25.0. The SMILES string of the molecule is COc1ccc([C@@]2(O)c3cccnc3-c3ncccc3[C@]2(O)c2ccc(OC)cc2)cc1. The fraction of sp³-hybridized carbons (Fsp3) is 0.154. The number of pyridine rings is 2. The van der Waals surface area contributed by atoms with E-state index in [0.29, 0.717) is 45.1 Å². The Morgan fingerprint density at radius 1 is 0.594 bits per heavy atom.